The Kier molecular flexibility index (Phi) is 22.7. The molecular weight excluding hydrogens is 276 g/mol. The van der Waals surface area contributed by atoms with Gasteiger partial charge < -0.3 is 5.11 Å². The average Bonchev–Trinajstić information content (AvgIpc) is 2.39. The van der Waals surface area contributed by atoms with Crippen LogP contribution in [0, 0.1) is 0 Å². The van der Waals surface area contributed by atoms with Gasteiger partial charge in [-0.2, -0.15) is 0 Å². The standard InChI is InChI=1S/C17H34O2.Ca/c1-2-3-4-5-6-7-8-9-10-11-12-13-14-15-16-17(18)19;/h2-16H2,1H3,(H,18,19);. The van der Waals surface area contributed by atoms with Crippen LogP contribution < -0.4 is 0 Å². The van der Waals surface area contributed by atoms with Crippen LogP contribution in [0.5, 0.6) is 0 Å². The smallest absolute Gasteiger partial charge is 0.303 e. The van der Waals surface area contributed by atoms with Crippen molar-refractivity contribution in [1.29, 1.82) is 0 Å². The molecule has 3 heteroatoms. The minimum absolute atomic E-state index is 0. The van der Waals surface area contributed by atoms with Crippen molar-refractivity contribution in [3.8, 4) is 0 Å². The summed E-state index contributed by atoms with van der Waals surface area (Å²) in [6.45, 7) is 2.27. The monoisotopic (exact) mass is 310 g/mol. The van der Waals surface area contributed by atoms with Crippen LogP contribution in [0.15, 0.2) is 0 Å². The Balaban J connectivity index is 0. The summed E-state index contributed by atoms with van der Waals surface area (Å²) in [5, 5.41) is 8.50. The normalized spacial score (nSPS) is 10.2. The van der Waals surface area contributed by atoms with Crippen LogP contribution in [0.3, 0.4) is 0 Å². The molecule has 0 fully saturated rings. The van der Waals surface area contributed by atoms with Crippen molar-refractivity contribution < 1.29 is 9.90 Å². The first-order valence-electron chi connectivity index (χ1n) is 8.49. The molecule has 0 saturated carbocycles. The number of unbranched alkanes of at least 4 members (excludes halogenated alkanes) is 13. The fraction of sp³-hybridized carbons (Fsp3) is 0.941. The van der Waals surface area contributed by atoms with Crippen molar-refractivity contribution in [3.05, 3.63) is 0 Å². The third kappa shape index (κ3) is 21.0. The second-order valence-electron chi connectivity index (χ2n) is 5.74. The van der Waals surface area contributed by atoms with Crippen molar-refractivity contribution in [2.75, 3.05) is 0 Å². The maximum absolute atomic E-state index is 10.3. The van der Waals surface area contributed by atoms with Gasteiger partial charge in [0.2, 0.25) is 0 Å². The average molecular weight is 311 g/mol. The summed E-state index contributed by atoms with van der Waals surface area (Å²) in [4.78, 5) is 10.3. The molecule has 0 aliphatic rings. The van der Waals surface area contributed by atoms with Gasteiger partial charge in [-0.05, 0) is 6.42 Å². The number of carboxylic acids is 1. The maximum atomic E-state index is 10.3. The molecule has 0 saturated heterocycles. The van der Waals surface area contributed by atoms with Gasteiger partial charge in [-0.25, -0.2) is 0 Å². The number of aliphatic carboxylic acids is 1. The number of carboxylic acid groups (broad SMARTS) is 1. The minimum Gasteiger partial charge on any atom is -0.481 e. The first-order chi connectivity index (χ1) is 9.27. The molecule has 116 valence electrons. The van der Waals surface area contributed by atoms with Gasteiger partial charge in [0, 0.05) is 44.2 Å². The van der Waals surface area contributed by atoms with E-state index in [0.717, 1.165) is 12.8 Å². The molecule has 0 bridgehead atoms. The number of carbonyl (C=O) groups is 1. The number of rotatable bonds is 15. The summed E-state index contributed by atoms with van der Waals surface area (Å²) in [5.41, 5.74) is 0. The van der Waals surface area contributed by atoms with Gasteiger partial charge in [0.1, 0.15) is 0 Å². The van der Waals surface area contributed by atoms with Crippen LogP contribution >= 0.6 is 0 Å². The van der Waals surface area contributed by atoms with Crippen LogP contribution in [-0.4, -0.2) is 48.8 Å². The topological polar surface area (TPSA) is 37.3 Å². The van der Waals surface area contributed by atoms with Gasteiger partial charge in [-0.15, -0.1) is 0 Å². The molecular formula is C17H34CaO2. The fourth-order valence-electron chi connectivity index (χ4n) is 2.47. The van der Waals surface area contributed by atoms with Crippen molar-refractivity contribution in [2.24, 2.45) is 0 Å². The molecule has 0 heterocycles. The Morgan fingerprint density at radius 1 is 0.650 bits per heavy atom. The van der Waals surface area contributed by atoms with Gasteiger partial charge in [0.25, 0.3) is 0 Å². The van der Waals surface area contributed by atoms with Crippen molar-refractivity contribution in [2.45, 2.75) is 103 Å². The molecule has 0 rings (SSSR count). The third-order valence-electron chi connectivity index (χ3n) is 3.74. The maximum Gasteiger partial charge on any atom is 0.303 e. The van der Waals surface area contributed by atoms with Crippen LogP contribution in [0.25, 0.3) is 0 Å². The quantitative estimate of drug-likeness (QED) is 0.317. The van der Waals surface area contributed by atoms with Gasteiger partial charge in [-0.3, -0.25) is 4.79 Å². The molecule has 0 aromatic carbocycles. The van der Waals surface area contributed by atoms with Crippen molar-refractivity contribution >= 4 is 43.7 Å². The van der Waals surface area contributed by atoms with E-state index in [0.29, 0.717) is 6.42 Å². The van der Waals surface area contributed by atoms with E-state index in [2.05, 4.69) is 6.92 Å². The van der Waals surface area contributed by atoms with E-state index in [9.17, 15) is 4.79 Å². The molecule has 0 atom stereocenters. The molecule has 2 radical (unpaired) electrons. The second kappa shape index (κ2) is 19.7. The summed E-state index contributed by atoms with van der Waals surface area (Å²) < 4.78 is 0. The van der Waals surface area contributed by atoms with E-state index in [1.807, 2.05) is 0 Å². The number of hydrogen-bond donors (Lipinski definition) is 1. The summed E-state index contributed by atoms with van der Waals surface area (Å²) in [6, 6.07) is 0. The molecule has 0 aliphatic carbocycles. The third-order valence-corrected chi connectivity index (χ3v) is 3.74. The molecule has 0 amide bonds. The van der Waals surface area contributed by atoms with Gasteiger partial charge in [0.15, 0.2) is 0 Å². The zero-order valence-corrected chi connectivity index (χ0v) is 15.9. The first kappa shape index (κ1) is 23.0. The molecule has 0 unspecified atom stereocenters. The summed E-state index contributed by atoms with van der Waals surface area (Å²) in [7, 11) is 0. The minimum atomic E-state index is -0.654. The van der Waals surface area contributed by atoms with E-state index < -0.39 is 5.97 Å². The zero-order valence-electron chi connectivity index (χ0n) is 13.7. The Labute approximate surface area is 156 Å². The summed E-state index contributed by atoms with van der Waals surface area (Å²) in [5.74, 6) is -0.654. The Morgan fingerprint density at radius 2 is 0.950 bits per heavy atom. The summed E-state index contributed by atoms with van der Waals surface area (Å²) in [6.07, 6.45) is 18.7. The van der Waals surface area contributed by atoms with Crippen molar-refractivity contribution in [3.63, 3.8) is 0 Å². The van der Waals surface area contributed by atoms with Crippen LogP contribution in [0.1, 0.15) is 103 Å². The zero-order chi connectivity index (χ0) is 14.2. The van der Waals surface area contributed by atoms with Crippen LogP contribution in [0.2, 0.25) is 0 Å². The van der Waals surface area contributed by atoms with E-state index in [4.69, 9.17) is 5.11 Å². The summed E-state index contributed by atoms with van der Waals surface area (Å²) >= 11 is 0. The predicted molar refractivity (Wildman–Crippen MR) is 88.3 cm³/mol. The molecule has 0 aromatic heterocycles. The van der Waals surface area contributed by atoms with E-state index >= 15 is 0 Å². The Bertz CT molecular complexity index is 195. The molecule has 0 aliphatic heterocycles. The van der Waals surface area contributed by atoms with Crippen LogP contribution in [0.4, 0.5) is 0 Å². The van der Waals surface area contributed by atoms with Gasteiger partial charge >= 0.3 is 5.97 Å². The van der Waals surface area contributed by atoms with E-state index in [1.165, 1.54) is 77.0 Å². The second-order valence-corrected chi connectivity index (χ2v) is 5.74. The molecule has 1 N–H and O–H groups in total. The molecule has 0 aromatic rings. The number of hydrogen-bond acceptors (Lipinski definition) is 1. The molecule has 2 nitrogen and oxygen atoms in total. The van der Waals surface area contributed by atoms with Gasteiger partial charge in [-0.1, -0.05) is 90.4 Å². The largest absolute Gasteiger partial charge is 0.481 e. The van der Waals surface area contributed by atoms with Crippen molar-refractivity contribution in [1.82, 2.24) is 0 Å². The molecule has 20 heavy (non-hydrogen) atoms. The predicted octanol–water partition coefficient (Wildman–Crippen LogP) is 5.56. The molecule has 0 spiro atoms. The Hall–Kier alpha value is 0.730. The van der Waals surface area contributed by atoms with Gasteiger partial charge in [0.05, 0.1) is 0 Å². The van der Waals surface area contributed by atoms with Crippen LogP contribution in [-0.2, 0) is 4.79 Å². The fourth-order valence-corrected chi connectivity index (χ4v) is 2.47. The SMILES string of the molecule is CCCCCCCCCCCCCCCCC(=O)O.[Ca]. The van der Waals surface area contributed by atoms with E-state index in [-0.39, 0.29) is 37.7 Å². The Morgan fingerprint density at radius 3 is 1.25 bits per heavy atom. The van der Waals surface area contributed by atoms with E-state index in [1.54, 1.807) is 0 Å². The first-order valence-corrected chi connectivity index (χ1v) is 8.49.